The van der Waals surface area contributed by atoms with Gasteiger partial charge in [0, 0.05) is 36.9 Å². The molecule has 8 heteroatoms. The highest BCUT2D eigenvalue weighted by atomic mass is 35.5. The summed E-state index contributed by atoms with van der Waals surface area (Å²) in [5.41, 5.74) is 3.86. The Bertz CT molecular complexity index is 948. The lowest BCUT2D eigenvalue weighted by molar-refractivity contribution is -0.00668. The van der Waals surface area contributed by atoms with E-state index in [9.17, 15) is 8.42 Å². The lowest BCUT2D eigenvalue weighted by Crippen LogP contribution is -2.49. The van der Waals surface area contributed by atoms with Crippen LogP contribution in [0.15, 0.2) is 36.4 Å². The van der Waals surface area contributed by atoms with Gasteiger partial charge in [-0.2, -0.15) is 17.0 Å². The Morgan fingerprint density at radius 2 is 1.97 bits per heavy atom. The van der Waals surface area contributed by atoms with Crippen molar-refractivity contribution in [1.82, 2.24) is 13.6 Å². The third kappa shape index (κ3) is 5.35. The highest BCUT2D eigenvalue weighted by Gasteiger charge is 2.34. The minimum atomic E-state index is -3.49. The molecule has 0 saturated carbocycles. The number of morpholine rings is 1. The first-order chi connectivity index (χ1) is 13.8. The number of pyridine rings is 1. The Labute approximate surface area is 178 Å². The van der Waals surface area contributed by atoms with E-state index in [-0.39, 0.29) is 12.6 Å². The van der Waals surface area contributed by atoms with Crippen molar-refractivity contribution in [1.29, 1.82) is 0 Å². The van der Waals surface area contributed by atoms with Gasteiger partial charge < -0.3 is 4.74 Å². The van der Waals surface area contributed by atoms with Gasteiger partial charge in [-0.15, -0.1) is 0 Å². The molecule has 1 saturated heterocycles. The van der Waals surface area contributed by atoms with Crippen molar-refractivity contribution in [3.8, 4) is 0 Å². The monoisotopic (exact) mass is 437 g/mol. The van der Waals surface area contributed by atoms with Gasteiger partial charge in [-0.3, -0.25) is 4.98 Å². The summed E-state index contributed by atoms with van der Waals surface area (Å²) in [5, 5.41) is 0.710. The predicted octanol–water partition coefficient (Wildman–Crippen LogP) is 3.59. The van der Waals surface area contributed by atoms with Crippen molar-refractivity contribution in [2.75, 3.05) is 32.8 Å². The number of nitrogens with zero attached hydrogens (tertiary/aromatic N) is 3. The van der Waals surface area contributed by atoms with Crippen molar-refractivity contribution < 1.29 is 13.2 Å². The second-order valence-corrected chi connectivity index (χ2v) is 9.52. The predicted molar refractivity (Wildman–Crippen MR) is 115 cm³/mol. The number of benzene rings is 1. The number of ether oxygens (including phenoxy) is 1. The molecule has 1 aliphatic rings. The van der Waals surface area contributed by atoms with Crippen molar-refractivity contribution in [3.05, 3.63) is 63.9 Å². The van der Waals surface area contributed by atoms with Crippen molar-refractivity contribution in [3.63, 3.8) is 0 Å². The molecule has 158 valence electrons. The number of halogens is 1. The molecule has 1 aromatic carbocycles. The molecule has 2 aromatic rings. The summed E-state index contributed by atoms with van der Waals surface area (Å²) in [6, 6.07) is 11.8. The van der Waals surface area contributed by atoms with Crippen LogP contribution in [-0.2, 0) is 21.4 Å². The topological polar surface area (TPSA) is 62.7 Å². The number of aryl methyl sites for hydroxylation is 1. The van der Waals surface area contributed by atoms with Crippen molar-refractivity contribution in [2.24, 2.45) is 0 Å². The lowest BCUT2D eigenvalue weighted by Gasteiger charge is -2.35. The average molecular weight is 438 g/mol. The highest BCUT2D eigenvalue weighted by Crippen LogP contribution is 2.26. The average Bonchev–Trinajstić information content (AvgIpc) is 2.68. The summed E-state index contributed by atoms with van der Waals surface area (Å²) in [6.07, 6.45) is 0.345. The molecule has 0 radical (unpaired) electrons. The molecule has 29 heavy (non-hydrogen) atoms. The van der Waals surface area contributed by atoms with Crippen LogP contribution in [0.5, 0.6) is 0 Å². The third-order valence-electron chi connectivity index (χ3n) is 5.05. The summed E-state index contributed by atoms with van der Waals surface area (Å²) in [5.74, 6) is 0. The van der Waals surface area contributed by atoms with Gasteiger partial charge in [-0.05, 0) is 48.7 Å². The van der Waals surface area contributed by atoms with Crippen LogP contribution in [0.3, 0.4) is 0 Å². The molecular weight excluding hydrogens is 410 g/mol. The third-order valence-corrected chi connectivity index (χ3v) is 7.44. The summed E-state index contributed by atoms with van der Waals surface area (Å²) >= 11 is 6.10. The maximum Gasteiger partial charge on any atom is 0.282 e. The summed E-state index contributed by atoms with van der Waals surface area (Å²) in [7, 11) is -3.49. The van der Waals surface area contributed by atoms with Crippen LogP contribution < -0.4 is 0 Å². The van der Waals surface area contributed by atoms with Gasteiger partial charge in [0.15, 0.2) is 0 Å². The molecule has 0 N–H and O–H groups in total. The second kappa shape index (κ2) is 9.53. The zero-order chi connectivity index (χ0) is 21.0. The quantitative estimate of drug-likeness (QED) is 0.664. The van der Waals surface area contributed by atoms with Crippen LogP contribution in [0, 0.1) is 6.92 Å². The van der Waals surface area contributed by atoms with Gasteiger partial charge in [-0.1, -0.05) is 37.6 Å². The number of aromatic nitrogens is 1. The summed E-state index contributed by atoms with van der Waals surface area (Å²) < 4.78 is 34.7. The molecule has 0 unspecified atom stereocenters. The van der Waals surface area contributed by atoms with E-state index in [2.05, 4.69) is 4.98 Å². The molecule has 1 atom stereocenters. The first kappa shape index (κ1) is 22.2. The van der Waals surface area contributed by atoms with Gasteiger partial charge in [-0.25, -0.2) is 0 Å². The van der Waals surface area contributed by atoms with Crippen LogP contribution in [0.4, 0.5) is 0 Å². The smallest absolute Gasteiger partial charge is 0.282 e. The number of rotatable bonds is 7. The second-order valence-electron chi connectivity index (χ2n) is 7.16. The van der Waals surface area contributed by atoms with E-state index in [1.54, 1.807) is 0 Å². The summed E-state index contributed by atoms with van der Waals surface area (Å²) in [6.45, 7) is 7.53. The largest absolute Gasteiger partial charge is 0.369 e. The van der Waals surface area contributed by atoms with Crippen LogP contribution >= 0.6 is 11.6 Å². The number of hydrogen-bond acceptors (Lipinski definition) is 4. The standard InChI is InChI=1S/C21H28ClN3O3S/c1-4-24(5-2)29(26,27)25-9-10-28-21(15-25)20-14-18(11-16(3)23-20)12-17-7-6-8-19(22)13-17/h6-8,11,13-14,21H,4-5,9-10,12,15H2,1-3H3/t21-/m0/s1. The van der Waals surface area contributed by atoms with Crippen molar-refractivity contribution in [2.45, 2.75) is 33.3 Å². The molecule has 1 aliphatic heterocycles. The molecule has 3 rings (SSSR count). The van der Waals surface area contributed by atoms with E-state index < -0.39 is 10.2 Å². The molecule has 6 nitrogen and oxygen atoms in total. The highest BCUT2D eigenvalue weighted by molar-refractivity contribution is 7.86. The minimum Gasteiger partial charge on any atom is -0.369 e. The SMILES string of the molecule is CCN(CC)S(=O)(=O)N1CCO[C@H](c2cc(Cc3cccc(Cl)c3)cc(C)n2)C1. The zero-order valence-corrected chi connectivity index (χ0v) is 18.7. The normalized spacial score (nSPS) is 18.3. The van der Waals surface area contributed by atoms with E-state index in [0.717, 1.165) is 28.9 Å². The maximum absolute atomic E-state index is 12.9. The van der Waals surface area contributed by atoms with Crippen LogP contribution in [0.2, 0.25) is 5.02 Å². The Hall–Kier alpha value is -1.51. The molecule has 0 aliphatic carbocycles. The number of hydrogen-bond donors (Lipinski definition) is 0. The fraction of sp³-hybridized carbons (Fsp3) is 0.476. The zero-order valence-electron chi connectivity index (χ0n) is 17.1. The van der Waals surface area contributed by atoms with Gasteiger partial charge in [0.05, 0.1) is 12.3 Å². The molecule has 0 bridgehead atoms. The van der Waals surface area contributed by atoms with Crippen LogP contribution in [0.1, 0.15) is 42.5 Å². The molecule has 1 aromatic heterocycles. The van der Waals surface area contributed by atoms with E-state index >= 15 is 0 Å². The Kier molecular flexibility index (Phi) is 7.29. The molecule has 1 fully saturated rings. The van der Waals surface area contributed by atoms with Gasteiger partial charge in [0.1, 0.15) is 6.10 Å². The maximum atomic E-state index is 12.9. The molecular formula is C21H28ClN3O3S. The Morgan fingerprint density at radius 3 is 2.66 bits per heavy atom. The molecule has 2 heterocycles. The van der Waals surface area contributed by atoms with Crippen LogP contribution in [-0.4, -0.2) is 54.8 Å². The molecule has 0 spiro atoms. The van der Waals surface area contributed by atoms with E-state index in [4.69, 9.17) is 16.3 Å². The van der Waals surface area contributed by atoms with E-state index in [1.807, 2.05) is 57.2 Å². The minimum absolute atomic E-state index is 0.270. The first-order valence-electron chi connectivity index (χ1n) is 9.92. The lowest BCUT2D eigenvalue weighted by atomic mass is 10.0. The van der Waals surface area contributed by atoms with Gasteiger partial charge in [0.25, 0.3) is 10.2 Å². The molecule has 0 amide bonds. The summed E-state index contributed by atoms with van der Waals surface area (Å²) in [4.78, 5) is 4.63. The van der Waals surface area contributed by atoms with Gasteiger partial charge >= 0.3 is 0 Å². The first-order valence-corrected chi connectivity index (χ1v) is 11.7. The van der Waals surface area contributed by atoms with Gasteiger partial charge in [0.2, 0.25) is 0 Å². The van der Waals surface area contributed by atoms with E-state index in [1.165, 1.54) is 8.61 Å². The Balaban J connectivity index is 1.82. The van der Waals surface area contributed by atoms with Crippen molar-refractivity contribution >= 4 is 21.8 Å². The Morgan fingerprint density at radius 1 is 1.21 bits per heavy atom. The fourth-order valence-corrected chi connectivity index (χ4v) is 5.47. The fourth-order valence-electron chi connectivity index (χ4n) is 3.65. The van der Waals surface area contributed by atoms with Crippen LogP contribution in [0.25, 0.3) is 0 Å². The van der Waals surface area contributed by atoms with E-state index in [0.29, 0.717) is 31.3 Å².